The monoisotopic (exact) mass is 293 g/mol. The average Bonchev–Trinajstić information content (AvgIpc) is 2.34. The normalized spacial score (nSPS) is 10.1. The van der Waals surface area contributed by atoms with Crippen molar-refractivity contribution >= 4 is 30.9 Å². The molecule has 0 N–H and O–H groups in total. The Labute approximate surface area is 123 Å². The van der Waals surface area contributed by atoms with Crippen LogP contribution in [0.1, 0.15) is 11.1 Å². The van der Waals surface area contributed by atoms with Gasteiger partial charge in [0.05, 0.1) is 0 Å². The molecule has 19 heavy (non-hydrogen) atoms. The molecule has 0 heterocycles. The summed E-state index contributed by atoms with van der Waals surface area (Å²) < 4.78 is 10.9. The lowest BCUT2D eigenvalue weighted by Gasteiger charge is -2.10. The molecule has 1 radical (unpaired) electrons. The quantitative estimate of drug-likeness (QED) is 0.767. The fraction of sp³-hybridized carbons (Fsp3) is 0.143. The van der Waals surface area contributed by atoms with Crippen molar-refractivity contribution in [2.75, 3.05) is 0 Å². The highest BCUT2D eigenvalue weighted by molar-refractivity contribution is 6.31. The van der Waals surface area contributed by atoms with Gasteiger partial charge in [-0.25, -0.2) is 0 Å². The van der Waals surface area contributed by atoms with Crippen molar-refractivity contribution in [2.45, 2.75) is 13.8 Å². The van der Waals surface area contributed by atoms with Gasteiger partial charge in [-0.3, -0.25) is 0 Å². The molecule has 0 fully saturated rings. The van der Waals surface area contributed by atoms with E-state index < -0.39 is 0 Å². The molecule has 5 heteroatoms. The molecule has 0 aliphatic heterocycles. The highest BCUT2D eigenvalue weighted by Gasteiger charge is 2.06. The van der Waals surface area contributed by atoms with E-state index in [0.29, 0.717) is 21.5 Å². The van der Waals surface area contributed by atoms with E-state index in [0.717, 1.165) is 11.1 Å². The number of halogens is 2. The summed E-state index contributed by atoms with van der Waals surface area (Å²) in [5.41, 5.74) is 1.89. The third-order valence-corrected chi connectivity index (χ3v) is 3.09. The Balaban J connectivity index is 1.96. The Morgan fingerprint density at radius 2 is 1.21 bits per heavy atom. The first-order valence-corrected chi connectivity index (χ1v) is 6.49. The van der Waals surface area contributed by atoms with E-state index in [1.807, 2.05) is 26.0 Å². The van der Waals surface area contributed by atoms with Crippen LogP contribution in [0.4, 0.5) is 0 Å². The zero-order chi connectivity index (χ0) is 13.8. The summed E-state index contributed by atoms with van der Waals surface area (Å²) in [6, 6.07) is 10.8. The summed E-state index contributed by atoms with van der Waals surface area (Å²) in [6.07, 6.45) is 0. The summed E-state index contributed by atoms with van der Waals surface area (Å²) >= 11 is 11.7. The molecule has 0 atom stereocenters. The maximum Gasteiger partial charge on any atom is 0.658 e. The van der Waals surface area contributed by atoms with Gasteiger partial charge in [-0.1, -0.05) is 23.2 Å². The molecule has 2 aromatic carbocycles. The number of benzene rings is 2. The third kappa shape index (κ3) is 3.82. The van der Waals surface area contributed by atoms with E-state index in [9.17, 15) is 0 Å². The Morgan fingerprint density at radius 3 is 1.58 bits per heavy atom. The van der Waals surface area contributed by atoms with E-state index in [1.54, 1.807) is 24.3 Å². The van der Waals surface area contributed by atoms with Crippen LogP contribution < -0.4 is 9.31 Å². The van der Waals surface area contributed by atoms with Crippen molar-refractivity contribution < 1.29 is 9.31 Å². The number of aryl methyl sites for hydroxylation is 2. The van der Waals surface area contributed by atoms with Crippen LogP contribution >= 0.6 is 23.2 Å². The minimum Gasteiger partial charge on any atom is -0.526 e. The lowest BCUT2D eigenvalue weighted by molar-refractivity contribution is 0.455. The first kappa shape index (κ1) is 14.1. The predicted molar refractivity (Wildman–Crippen MR) is 79.4 cm³/mol. The Kier molecular flexibility index (Phi) is 4.62. The fourth-order valence-electron chi connectivity index (χ4n) is 1.62. The van der Waals surface area contributed by atoms with Crippen LogP contribution in [0.3, 0.4) is 0 Å². The number of rotatable bonds is 4. The van der Waals surface area contributed by atoms with Crippen LogP contribution in [-0.2, 0) is 0 Å². The van der Waals surface area contributed by atoms with Gasteiger partial charge >= 0.3 is 7.69 Å². The van der Waals surface area contributed by atoms with Crippen LogP contribution in [0.2, 0.25) is 10.0 Å². The third-order valence-electron chi connectivity index (χ3n) is 2.62. The Hall–Kier alpha value is -1.32. The summed E-state index contributed by atoms with van der Waals surface area (Å²) in [4.78, 5) is 0. The van der Waals surface area contributed by atoms with Gasteiger partial charge in [0.1, 0.15) is 11.5 Å². The zero-order valence-electron chi connectivity index (χ0n) is 10.6. The molecule has 2 rings (SSSR count). The van der Waals surface area contributed by atoms with E-state index in [4.69, 9.17) is 32.5 Å². The number of hydrogen-bond donors (Lipinski definition) is 0. The molecule has 0 aliphatic rings. The van der Waals surface area contributed by atoms with Crippen molar-refractivity contribution in [3.63, 3.8) is 0 Å². The van der Waals surface area contributed by atoms with Crippen molar-refractivity contribution in [1.82, 2.24) is 0 Å². The summed E-state index contributed by atoms with van der Waals surface area (Å²) in [7, 11) is 1.30. The SMILES string of the molecule is Cc1cc(Cl)ccc1O[B]Oc1ccc(Cl)cc1C. The topological polar surface area (TPSA) is 18.5 Å². The minimum absolute atomic E-state index is 0.680. The maximum absolute atomic E-state index is 5.87. The second-order valence-electron chi connectivity index (χ2n) is 4.15. The predicted octanol–water partition coefficient (Wildman–Crippen LogP) is 4.60. The second-order valence-corrected chi connectivity index (χ2v) is 5.02. The molecule has 0 saturated carbocycles. The smallest absolute Gasteiger partial charge is 0.526 e. The van der Waals surface area contributed by atoms with Gasteiger partial charge < -0.3 is 9.31 Å². The van der Waals surface area contributed by atoms with Gasteiger partial charge in [-0.05, 0) is 61.4 Å². The Bertz CT molecular complexity index is 536. The van der Waals surface area contributed by atoms with Gasteiger partial charge in [0, 0.05) is 10.0 Å². The van der Waals surface area contributed by atoms with Gasteiger partial charge in [-0.15, -0.1) is 0 Å². The highest BCUT2D eigenvalue weighted by atomic mass is 35.5. The zero-order valence-corrected chi connectivity index (χ0v) is 12.1. The average molecular weight is 294 g/mol. The van der Waals surface area contributed by atoms with Crippen LogP contribution in [0.15, 0.2) is 36.4 Å². The first-order valence-electron chi connectivity index (χ1n) is 5.73. The molecule has 0 aromatic heterocycles. The Morgan fingerprint density at radius 1 is 0.789 bits per heavy atom. The highest BCUT2D eigenvalue weighted by Crippen LogP contribution is 2.23. The van der Waals surface area contributed by atoms with Crippen LogP contribution in [0.25, 0.3) is 0 Å². The summed E-state index contributed by atoms with van der Waals surface area (Å²) in [6.45, 7) is 3.84. The van der Waals surface area contributed by atoms with Crippen molar-refractivity contribution in [1.29, 1.82) is 0 Å². The molecule has 0 bridgehead atoms. The van der Waals surface area contributed by atoms with Gasteiger partial charge in [-0.2, -0.15) is 0 Å². The minimum atomic E-state index is 0.680. The van der Waals surface area contributed by atoms with Gasteiger partial charge in [0.15, 0.2) is 0 Å². The lowest BCUT2D eigenvalue weighted by atomic mass is 10.2. The van der Waals surface area contributed by atoms with Gasteiger partial charge in [0.25, 0.3) is 0 Å². The van der Waals surface area contributed by atoms with E-state index in [1.165, 1.54) is 7.69 Å². The largest absolute Gasteiger partial charge is 0.658 e. The lowest BCUT2D eigenvalue weighted by Crippen LogP contribution is -2.12. The standard InChI is InChI=1S/C14H12BCl2O2/c1-9-7-11(16)3-5-13(9)18-15-19-14-6-4-12(17)8-10(14)2/h3-8H,1-2H3. The molecular weight excluding hydrogens is 282 g/mol. The van der Waals surface area contributed by atoms with Crippen LogP contribution in [0.5, 0.6) is 11.5 Å². The molecule has 0 saturated heterocycles. The molecule has 0 aliphatic carbocycles. The van der Waals surface area contributed by atoms with Crippen LogP contribution in [0, 0.1) is 13.8 Å². The van der Waals surface area contributed by atoms with Crippen molar-refractivity contribution in [3.05, 3.63) is 57.6 Å². The molecule has 0 amide bonds. The number of hydrogen-bond acceptors (Lipinski definition) is 2. The molecule has 0 spiro atoms. The molecule has 2 aromatic rings. The second kappa shape index (κ2) is 6.22. The van der Waals surface area contributed by atoms with E-state index >= 15 is 0 Å². The summed E-state index contributed by atoms with van der Waals surface area (Å²) in [5, 5.41) is 1.36. The van der Waals surface area contributed by atoms with Gasteiger partial charge in [0.2, 0.25) is 0 Å². The van der Waals surface area contributed by atoms with Crippen molar-refractivity contribution in [3.8, 4) is 11.5 Å². The summed E-state index contributed by atoms with van der Waals surface area (Å²) in [5.74, 6) is 1.41. The molecule has 97 valence electrons. The van der Waals surface area contributed by atoms with E-state index in [2.05, 4.69) is 0 Å². The maximum atomic E-state index is 5.87. The molecular formula is C14H12BCl2O2. The van der Waals surface area contributed by atoms with E-state index in [-0.39, 0.29) is 0 Å². The van der Waals surface area contributed by atoms with Crippen molar-refractivity contribution in [2.24, 2.45) is 0 Å². The first-order chi connectivity index (χ1) is 9.06. The van der Waals surface area contributed by atoms with Crippen LogP contribution in [-0.4, -0.2) is 7.69 Å². The molecule has 0 unspecified atom stereocenters. The molecule has 2 nitrogen and oxygen atoms in total. The fourth-order valence-corrected chi connectivity index (χ4v) is 2.07.